The molecule has 1 amide bonds. The van der Waals surface area contributed by atoms with Gasteiger partial charge >= 0.3 is 0 Å². The second-order valence-electron chi connectivity index (χ2n) is 5.82. The van der Waals surface area contributed by atoms with Crippen LogP contribution in [0.5, 0.6) is 0 Å². The van der Waals surface area contributed by atoms with Crippen LogP contribution in [0.3, 0.4) is 0 Å². The summed E-state index contributed by atoms with van der Waals surface area (Å²) in [7, 11) is 0. The molecule has 3 heterocycles. The molecule has 0 atom stereocenters. The Balaban J connectivity index is 1.52. The van der Waals surface area contributed by atoms with Crippen LogP contribution in [-0.2, 0) is 4.79 Å². The van der Waals surface area contributed by atoms with Crippen molar-refractivity contribution in [2.45, 2.75) is 26.2 Å². The number of carbonyl (C=O) groups is 1. The van der Waals surface area contributed by atoms with E-state index in [1.54, 1.807) is 6.20 Å². The molecule has 7 heteroatoms. The van der Waals surface area contributed by atoms with Gasteiger partial charge in [-0.05, 0) is 31.9 Å². The lowest BCUT2D eigenvalue weighted by atomic mass is 10.3. The Morgan fingerprint density at radius 2 is 2.17 bits per heavy atom. The minimum atomic E-state index is 0.273. The number of anilines is 3. The monoisotopic (exact) mass is 326 g/mol. The van der Waals surface area contributed by atoms with Crippen molar-refractivity contribution in [1.82, 2.24) is 19.9 Å². The van der Waals surface area contributed by atoms with Crippen molar-refractivity contribution in [3.05, 3.63) is 36.2 Å². The molecule has 2 aromatic heterocycles. The van der Waals surface area contributed by atoms with Crippen LogP contribution >= 0.6 is 0 Å². The molecule has 1 aliphatic heterocycles. The van der Waals surface area contributed by atoms with Gasteiger partial charge in [0.15, 0.2) is 0 Å². The maximum atomic E-state index is 11.6. The fraction of sp³-hybridized carbons (Fsp3) is 0.412. The summed E-state index contributed by atoms with van der Waals surface area (Å²) in [6, 6.07) is 7.54. The highest BCUT2D eigenvalue weighted by atomic mass is 16.2. The number of hydrogen-bond acceptors (Lipinski definition) is 6. The molecule has 1 saturated heterocycles. The molecular weight excluding hydrogens is 304 g/mol. The van der Waals surface area contributed by atoms with Gasteiger partial charge in [0.25, 0.3) is 0 Å². The number of rotatable bonds is 7. The lowest BCUT2D eigenvalue weighted by Crippen LogP contribution is -2.27. The number of aryl methyl sites for hydroxylation is 1. The minimum absolute atomic E-state index is 0.273. The summed E-state index contributed by atoms with van der Waals surface area (Å²) in [6.45, 7) is 4.39. The van der Waals surface area contributed by atoms with Crippen LogP contribution in [0.2, 0.25) is 0 Å². The van der Waals surface area contributed by atoms with E-state index in [1.807, 2.05) is 36.1 Å². The van der Waals surface area contributed by atoms with Gasteiger partial charge in [0.05, 0.1) is 0 Å². The molecule has 1 fully saturated rings. The highest BCUT2D eigenvalue weighted by molar-refractivity contribution is 5.78. The highest BCUT2D eigenvalue weighted by Gasteiger charge is 2.18. The number of carbonyl (C=O) groups excluding carboxylic acids is 1. The van der Waals surface area contributed by atoms with E-state index in [1.165, 1.54) is 0 Å². The van der Waals surface area contributed by atoms with E-state index in [9.17, 15) is 4.79 Å². The third kappa shape index (κ3) is 4.41. The summed E-state index contributed by atoms with van der Waals surface area (Å²) in [5.41, 5.74) is 0.876. The molecule has 0 unspecified atom stereocenters. The van der Waals surface area contributed by atoms with Crippen molar-refractivity contribution in [3.63, 3.8) is 0 Å². The molecule has 7 nitrogen and oxygen atoms in total. The Morgan fingerprint density at radius 1 is 1.25 bits per heavy atom. The third-order valence-electron chi connectivity index (χ3n) is 3.84. The van der Waals surface area contributed by atoms with Crippen LogP contribution < -0.4 is 10.6 Å². The summed E-state index contributed by atoms with van der Waals surface area (Å²) < 4.78 is 0. The molecule has 1 aliphatic rings. The van der Waals surface area contributed by atoms with E-state index in [4.69, 9.17) is 0 Å². The maximum absolute atomic E-state index is 11.6. The fourth-order valence-corrected chi connectivity index (χ4v) is 2.69. The average Bonchev–Trinajstić information content (AvgIpc) is 2.97. The SMILES string of the molecule is Cc1cc(NCCCN2CCCC2=O)nc(Nc2ccccn2)n1. The van der Waals surface area contributed by atoms with Gasteiger partial charge in [0.1, 0.15) is 11.6 Å². The van der Waals surface area contributed by atoms with Crippen LogP contribution in [0.1, 0.15) is 25.0 Å². The highest BCUT2D eigenvalue weighted by Crippen LogP contribution is 2.14. The maximum Gasteiger partial charge on any atom is 0.230 e. The van der Waals surface area contributed by atoms with Gasteiger partial charge in [0, 0.05) is 44.0 Å². The molecule has 0 saturated carbocycles. The van der Waals surface area contributed by atoms with E-state index >= 15 is 0 Å². The number of amides is 1. The number of nitrogens with one attached hydrogen (secondary N) is 2. The Hall–Kier alpha value is -2.70. The van der Waals surface area contributed by atoms with E-state index in [2.05, 4.69) is 25.6 Å². The van der Waals surface area contributed by atoms with Gasteiger partial charge in [-0.3, -0.25) is 4.79 Å². The topological polar surface area (TPSA) is 83.0 Å². The van der Waals surface area contributed by atoms with Crippen molar-refractivity contribution in [1.29, 1.82) is 0 Å². The number of pyridine rings is 1. The second kappa shape index (κ2) is 7.72. The van der Waals surface area contributed by atoms with Crippen molar-refractivity contribution < 1.29 is 4.79 Å². The first kappa shape index (κ1) is 16.2. The Bertz CT molecular complexity index is 691. The number of nitrogens with zero attached hydrogens (tertiary/aromatic N) is 4. The van der Waals surface area contributed by atoms with Gasteiger partial charge in [-0.15, -0.1) is 0 Å². The predicted molar refractivity (Wildman–Crippen MR) is 93.2 cm³/mol. The summed E-state index contributed by atoms with van der Waals surface area (Å²) in [5.74, 6) is 2.27. The Labute approximate surface area is 141 Å². The van der Waals surface area contributed by atoms with E-state index in [0.29, 0.717) is 18.2 Å². The van der Waals surface area contributed by atoms with Crippen LogP contribution in [0, 0.1) is 6.92 Å². The van der Waals surface area contributed by atoms with E-state index in [0.717, 1.165) is 44.0 Å². The van der Waals surface area contributed by atoms with Crippen molar-refractivity contribution >= 4 is 23.5 Å². The summed E-state index contributed by atoms with van der Waals surface area (Å²) in [6.07, 6.45) is 4.30. The Morgan fingerprint density at radius 3 is 2.92 bits per heavy atom. The molecule has 2 aromatic rings. The molecule has 0 aromatic carbocycles. The first-order chi connectivity index (χ1) is 11.7. The zero-order valence-corrected chi connectivity index (χ0v) is 13.8. The largest absolute Gasteiger partial charge is 0.370 e. The van der Waals surface area contributed by atoms with Gasteiger partial charge in [-0.2, -0.15) is 4.98 Å². The first-order valence-electron chi connectivity index (χ1n) is 8.26. The fourth-order valence-electron chi connectivity index (χ4n) is 2.69. The van der Waals surface area contributed by atoms with E-state index in [-0.39, 0.29) is 5.91 Å². The zero-order chi connectivity index (χ0) is 16.8. The quantitative estimate of drug-likeness (QED) is 0.760. The second-order valence-corrected chi connectivity index (χ2v) is 5.82. The molecule has 0 radical (unpaired) electrons. The molecule has 3 rings (SSSR count). The molecule has 0 spiro atoms. The van der Waals surface area contributed by atoms with Gasteiger partial charge in [0.2, 0.25) is 11.9 Å². The molecular formula is C17H22N6O. The number of hydrogen-bond donors (Lipinski definition) is 2. The van der Waals surface area contributed by atoms with Crippen LogP contribution in [-0.4, -0.2) is 45.4 Å². The van der Waals surface area contributed by atoms with Crippen molar-refractivity contribution in [2.75, 3.05) is 30.3 Å². The van der Waals surface area contributed by atoms with Gasteiger partial charge in [-0.25, -0.2) is 9.97 Å². The van der Waals surface area contributed by atoms with E-state index < -0.39 is 0 Å². The van der Waals surface area contributed by atoms with Crippen molar-refractivity contribution in [2.24, 2.45) is 0 Å². The standard InChI is InChI=1S/C17H22N6O/c1-13-12-15(19-9-5-11-23-10-4-7-16(23)24)22-17(20-13)21-14-6-2-3-8-18-14/h2-3,6,8,12H,4-5,7,9-11H2,1H3,(H2,18,19,20,21,22). The van der Waals surface area contributed by atoms with Crippen LogP contribution in [0.25, 0.3) is 0 Å². The third-order valence-corrected chi connectivity index (χ3v) is 3.84. The lowest BCUT2D eigenvalue weighted by Gasteiger charge is -2.15. The smallest absolute Gasteiger partial charge is 0.230 e. The molecule has 0 bridgehead atoms. The normalized spacial score (nSPS) is 14.0. The molecule has 0 aliphatic carbocycles. The molecule has 126 valence electrons. The lowest BCUT2D eigenvalue weighted by molar-refractivity contribution is -0.127. The first-order valence-corrected chi connectivity index (χ1v) is 8.26. The average molecular weight is 326 g/mol. The van der Waals surface area contributed by atoms with Crippen LogP contribution in [0.15, 0.2) is 30.5 Å². The Kier molecular flexibility index (Phi) is 5.20. The summed E-state index contributed by atoms with van der Waals surface area (Å²) in [4.78, 5) is 26.5. The predicted octanol–water partition coefficient (Wildman–Crippen LogP) is 2.35. The summed E-state index contributed by atoms with van der Waals surface area (Å²) in [5, 5.41) is 6.40. The minimum Gasteiger partial charge on any atom is -0.370 e. The molecule has 24 heavy (non-hydrogen) atoms. The number of aromatic nitrogens is 3. The van der Waals surface area contributed by atoms with Crippen LogP contribution in [0.4, 0.5) is 17.6 Å². The zero-order valence-electron chi connectivity index (χ0n) is 13.8. The summed E-state index contributed by atoms with van der Waals surface area (Å²) >= 11 is 0. The van der Waals surface area contributed by atoms with Gasteiger partial charge < -0.3 is 15.5 Å². The van der Waals surface area contributed by atoms with Crippen molar-refractivity contribution in [3.8, 4) is 0 Å². The van der Waals surface area contributed by atoms with Gasteiger partial charge in [-0.1, -0.05) is 6.07 Å². The number of likely N-dealkylation sites (tertiary alicyclic amines) is 1. The molecule has 2 N–H and O–H groups in total.